The van der Waals surface area contributed by atoms with Crippen LogP contribution >= 0.6 is 0 Å². The van der Waals surface area contributed by atoms with E-state index in [1.54, 1.807) is 18.6 Å². The zero-order valence-electron chi connectivity index (χ0n) is 17.6. The summed E-state index contributed by atoms with van der Waals surface area (Å²) in [5.74, 6) is 1.37. The van der Waals surface area contributed by atoms with Gasteiger partial charge < -0.3 is 20.9 Å². The standard InChI is InChI=1S/C20H23F4N9/c21-13-5-15(30-18-27-6-12(7-28-18)20(22,23)24)11-32(9-13)19-29-8-16-17(26-2-4-33(16)19)31-3-1-14(25)10-31/h2,4,6-8,13-15H,1,3,5,9-11,25H2,(H,27,28,30)/t13-,14-,15-/m1/s1. The molecule has 0 amide bonds. The molecular formula is C20H23F4N9. The molecule has 2 fully saturated rings. The maximum absolute atomic E-state index is 14.6. The van der Waals surface area contributed by atoms with Crippen LogP contribution in [0.4, 0.5) is 35.3 Å². The third kappa shape index (κ3) is 4.36. The number of fused-ring (bicyclic) bond motifs is 1. The predicted molar refractivity (Wildman–Crippen MR) is 114 cm³/mol. The fourth-order valence-corrected chi connectivity index (χ4v) is 4.39. The monoisotopic (exact) mass is 465 g/mol. The summed E-state index contributed by atoms with van der Waals surface area (Å²) in [5, 5.41) is 2.95. The van der Waals surface area contributed by atoms with Crippen molar-refractivity contribution in [3.05, 3.63) is 36.5 Å². The van der Waals surface area contributed by atoms with E-state index in [1.807, 2.05) is 9.30 Å². The Morgan fingerprint density at radius 1 is 1.00 bits per heavy atom. The second kappa shape index (κ2) is 8.28. The lowest BCUT2D eigenvalue weighted by Gasteiger charge is -2.35. The van der Waals surface area contributed by atoms with Gasteiger partial charge in [-0.3, -0.25) is 4.40 Å². The van der Waals surface area contributed by atoms with Crippen molar-refractivity contribution in [3.8, 4) is 0 Å². The van der Waals surface area contributed by atoms with E-state index in [0.29, 0.717) is 31.4 Å². The highest BCUT2D eigenvalue weighted by atomic mass is 19.4. The van der Waals surface area contributed by atoms with Crippen molar-refractivity contribution in [2.75, 3.05) is 41.3 Å². The number of rotatable bonds is 4. The average Bonchev–Trinajstić information content (AvgIpc) is 3.39. The van der Waals surface area contributed by atoms with Crippen molar-refractivity contribution < 1.29 is 17.6 Å². The van der Waals surface area contributed by atoms with Crippen molar-refractivity contribution in [2.45, 2.75) is 37.3 Å². The molecule has 0 unspecified atom stereocenters. The van der Waals surface area contributed by atoms with E-state index in [2.05, 4.69) is 30.2 Å². The zero-order chi connectivity index (χ0) is 23.2. The molecule has 13 heteroatoms. The molecule has 2 aliphatic rings. The van der Waals surface area contributed by atoms with Crippen LogP contribution in [0.5, 0.6) is 0 Å². The van der Waals surface area contributed by atoms with E-state index in [0.717, 1.165) is 24.3 Å². The van der Waals surface area contributed by atoms with Gasteiger partial charge in [-0.05, 0) is 6.42 Å². The van der Waals surface area contributed by atoms with Gasteiger partial charge in [0.25, 0.3) is 0 Å². The largest absolute Gasteiger partial charge is 0.419 e. The fraction of sp³-hybridized carbons (Fsp3) is 0.500. The number of aromatic nitrogens is 5. The first kappa shape index (κ1) is 21.6. The molecule has 33 heavy (non-hydrogen) atoms. The van der Waals surface area contributed by atoms with E-state index in [1.165, 1.54) is 0 Å². The van der Waals surface area contributed by atoms with Gasteiger partial charge >= 0.3 is 6.18 Å². The van der Waals surface area contributed by atoms with Gasteiger partial charge in [-0.2, -0.15) is 13.2 Å². The van der Waals surface area contributed by atoms with Gasteiger partial charge in [0, 0.05) is 62.9 Å². The molecule has 2 saturated heterocycles. The Hall–Kier alpha value is -3.22. The summed E-state index contributed by atoms with van der Waals surface area (Å²) >= 11 is 0. The number of halogens is 4. The Morgan fingerprint density at radius 2 is 1.79 bits per heavy atom. The van der Waals surface area contributed by atoms with Crippen molar-refractivity contribution in [1.29, 1.82) is 0 Å². The molecule has 0 spiro atoms. The van der Waals surface area contributed by atoms with E-state index in [9.17, 15) is 17.6 Å². The quantitative estimate of drug-likeness (QED) is 0.565. The van der Waals surface area contributed by atoms with Crippen LogP contribution in [-0.2, 0) is 6.18 Å². The maximum Gasteiger partial charge on any atom is 0.419 e. The van der Waals surface area contributed by atoms with Gasteiger partial charge in [0.15, 0.2) is 5.82 Å². The fourth-order valence-electron chi connectivity index (χ4n) is 4.39. The van der Waals surface area contributed by atoms with E-state index >= 15 is 0 Å². The highest BCUT2D eigenvalue weighted by molar-refractivity contribution is 5.71. The van der Waals surface area contributed by atoms with Crippen molar-refractivity contribution in [3.63, 3.8) is 0 Å². The first-order chi connectivity index (χ1) is 15.8. The summed E-state index contributed by atoms with van der Waals surface area (Å²) < 4.78 is 54.7. The molecular weight excluding hydrogens is 442 g/mol. The van der Waals surface area contributed by atoms with Gasteiger partial charge in [0.05, 0.1) is 18.3 Å². The number of nitrogens with one attached hydrogen (secondary N) is 1. The molecule has 0 bridgehead atoms. The van der Waals surface area contributed by atoms with Gasteiger partial charge in [-0.25, -0.2) is 24.3 Å². The summed E-state index contributed by atoms with van der Waals surface area (Å²) in [6.07, 6.45) is 2.00. The molecule has 3 aromatic rings. The molecule has 5 heterocycles. The van der Waals surface area contributed by atoms with Crippen molar-refractivity contribution in [2.24, 2.45) is 5.73 Å². The molecule has 2 aliphatic heterocycles. The second-order valence-electron chi connectivity index (χ2n) is 8.43. The highest BCUT2D eigenvalue weighted by Gasteiger charge is 2.33. The Morgan fingerprint density at radius 3 is 2.48 bits per heavy atom. The van der Waals surface area contributed by atoms with Gasteiger partial charge in [0.1, 0.15) is 11.7 Å². The smallest absolute Gasteiger partial charge is 0.353 e. The van der Waals surface area contributed by atoms with Gasteiger partial charge in [0.2, 0.25) is 11.9 Å². The average molecular weight is 465 g/mol. The number of anilines is 3. The van der Waals surface area contributed by atoms with Crippen molar-refractivity contribution in [1.82, 2.24) is 24.3 Å². The minimum atomic E-state index is -4.51. The Labute approximate surface area is 186 Å². The lowest BCUT2D eigenvalue weighted by molar-refractivity contribution is -0.138. The molecule has 3 atom stereocenters. The highest BCUT2D eigenvalue weighted by Crippen LogP contribution is 2.30. The molecule has 0 saturated carbocycles. The Kier molecular flexibility index (Phi) is 5.43. The minimum Gasteiger partial charge on any atom is -0.353 e. The van der Waals surface area contributed by atoms with Crippen molar-refractivity contribution >= 4 is 23.2 Å². The van der Waals surface area contributed by atoms with Crippen LogP contribution < -0.4 is 20.9 Å². The number of piperidine rings is 1. The van der Waals surface area contributed by atoms with Crippen LogP contribution in [0.3, 0.4) is 0 Å². The zero-order valence-corrected chi connectivity index (χ0v) is 17.6. The van der Waals surface area contributed by atoms with Gasteiger partial charge in [-0.1, -0.05) is 0 Å². The third-order valence-corrected chi connectivity index (χ3v) is 5.94. The number of imidazole rings is 1. The van der Waals surface area contributed by atoms with Crippen LogP contribution in [0, 0.1) is 0 Å². The molecule has 9 nitrogen and oxygen atoms in total. The summed E-state index contributed by atoms with van der Waals surface area (Å²) in [4.78, 5) is 20.4. The number of nitrogens with two attached hydrogens (primary N) is 1. The van der Waals surface area contributed by atoms with Crippen LogP contribution in [0.2, 0.25) is 0 Å². The normalized spacial score (nSPS) is 24.0. The number of nitrogens with zero attached hydrogens (tertiary/aromatic N) is 7. The maximum atomic E-state index is 14.6. The summed E-state index contributed by atoms with van der Waals surface area (Å²) in [7, 11) is 0. The molecule has 0 aromatic carbocycles. The third-order valence-electron chi connectivity index (χ3n) is 5.94. The molecule has 3 aromatic heterocycles. The van der Waals surface area contributed by atoms with Crippen LogP contribution in [0.1, 0.15) is 18.4 Å². The van der Waals surface area contributed by atoms with E-state index in [4.69, 9.17) is 5.73 Å². The van der Waals surface area contributed by atoms with E-state index in [-0.39, 0.29) is 25.0 Å². The number of hydrogen-bond acceptors (Lipinski definition) is 8. The Bertz CT molecular complexity index is 1120. The number of alkyl halides is 4. The predicted octanol–water partition coefficient (Wildman–Crippen LogP) is 2.10. The number of hydrogen-bond donors (Lipinski definition) is 2. The van der Waals surface area contributed by atoms with E-state index < -0.39 is 24.0 Å². The topological polar surface area (TPSA) is 100 Å². The molecule has 5 rings (SSSR count). The summed E-state index contributed by atoms with van der Waals surface area (Å²) in [6, 6.07) is -0.307. The van der Waals surface area contributed by atoms with Crippen LogP contribution in [-0.4, -0.2) is 68.8 Å². The summed E-state index contributed by atoms with van der Waals surface area (Å²) in [6.45, 7) is 2.06. The second-order valence-corrected chi connectivity index (χ2v) is 8.43. The lowest BCUT2D eigenvalue weighted by Crippen LogP contribution is -2.48. The van der Waals surface area contributed by atoms with Crippen LogP contribution in [0.15, 0.2) is 31.0 Å². The molecule has 176 valence electrons. The molecule has 0 aliphatic carbocycles. The molecule has 3 N–H and O–H groups in total. The first-order valence-corrected chi connectivity index (χ1v) is 10.7. The molecule has 0 radical (unpaired) electrons. The first-order valence-electron chi connectivity index (χ1n) is 10.7. The van der Waals surface area contributed by atoms with Gasteiger partial charge in [-0.15, -0.1) is 0 Å². The minimum absolute atomic E-state index is 0.0203. The lowest BCUT2D eigenvalue weighted by atomic mass is 10.0. The van der Waals surface area contributed by atoms with Crippen LogP contribution in [0.25, 0.3) is 5.52 Å². The Balaban J connectivity index is 1.35. The SMILES string of the molecule is N[C@@H]1CCN(c2nccn3c(N4C[C@H](F)C[C@@H](Nc5ncc(C(F)(F)F)cn5)C4)ncc23)C1. The summed E-state index contributed by atoms with van der Waals surface area (Å²) in [5.41, 5.74) is 5.90.